The van der Waals surface area contributed by atoms with E-state index < -0.39 is 6.10 Å². The molecule has 0 heterocycles. The van der Waals surface area contributed by atoms with Crippen LogP contribution >= 0.6 is 0 Å². The molecule has 0 aromatic rings. The first-order valence-corrected chi connectivity index (χ1v) is 33.1. The zero-order chi connectivity index (χ0) is 54.3. The highest BCUT2D eigenvalue weighted by atomic mass is 16.6. The van der Waals surface area contributed by atoms with Crippen molar-refractivity contribution in [2.45, 2.75) is 361 Å². The molecule has 0 rings (SSSR count). The molecule has 0 aliphatic heterocycles. The zero-order valence-electron chi connectivity index (χ0n) is 50.3. The van der Waals surface area contributed by atoms with E-state index in [1.54, 1.807) is 0 Å². The molecule has 6 nitrogen and oxygen atoms in total. The van der Waals surface area contributed by atoms with Crippen LogP contribution in [-0.2, 0) is 28.6 Å². The van der Waals surface area contributed by atoms with Crippen LogP contribution in [0, 0.1) is 0 Å². The summed E-state index contributed by atoms with van der Waals surface area (Å²) in [6.45, 7) is 6.66. The average Bonchev–Trinajstić information content (AvgIpc) is 3.41. The van der Waals surface area contributed by atoms with Crippen molar-refractivity contribution in [3.05, 3.63) is 48.6 Å². The van der Waals surface area contributed by atoms with Gasteiger partial charge in [0.1, 0.15) is 13.2 Å². The largest absolute Gasteiger partial charge is 0.462 e. The minimum Gasteiger partial charge on any atom is -0.462 e. The molecule has 0 unspecified atom stereocenters. The average molecular weight is 1050 g/mol. The summed E-state index contributed by atoms with van der Waals surface area (Å²) in [7, 11) is 0. The van der Waals surface area contributed by atoms with Gasteiger partial charge in [0, 0.05) is 19.3 Å². The Morgan fingerprint density at radius 1 is 0.267 bits per heavy atom. The molecule has 0 aromatic carbocycles. The molecule has 1 atom stereocenters. The molecule has 0 amide bonds. The number of esters is 3. The highest BCUT2D eigenvalue weighted by Gasteiger charge is 2.19. The number of hydrogen-bond acceptors (Lipinski definition) is 6. The van der Waals surface area contributed by atoms with Crippen molar-refractivity contribution in [2.24, 2.45) is 0 Å². The molecule has 0 saturated heterocycles. The second-order valence-electron chi connectivity index (χ2n) is 22.4. The van der Waals surface area contributed by atoms with Crippen molar-refractivity contribution >= 4 is 17.9 Å². The van der Waals surface area contributed by atoms with Gasteiger partial charge < -0.3 is 14.2 Å². The van der Waals surface area contributed by atoms with Crippen LogP contribution in [0.4, 0.5) is 0 Å². The molecule has 6 heteroatoms. The summed E-state index contributed by atoms with van der Waals surface area (Å²) in [6, 6.07) is 0. The second kappa shape index (κ2) is 63.9. The monoisotopic (exact) mass is 1050 g/mol. The maximum atomic E-state index is 12.9. The van der Waals surface area contributed by atoms with Gasteiger partial charge in [0.25, 0.3) is 0 Å². The fourth-order valence-corrected chi connectivity index (χ4v) is 9.76. The Labute approximate surface area is 467 Å². The molecule has 0 fully saturated rings. The molecular weight excluding hydrogens is 925 g/mol. The molecule has 0 aromatic heterocycles. The Morgan fingerprint density at radius 2 is 0.480 bits per heavy atom. The van der Waals surface area contributed by atoms with E-state index in [1.165, 1.54) is 250 Å². The lowest BCUT2D eigenvalue weighted by atomic mass is 10.0. The maximum absolute atomic E-state index is 12.9. The van der Waals surface area contributed by atoms with Gasteiger partial charge in [-0.1, -0.05) is 281 Å². The Morgan fingerprint density at radius 3 is 0.773 bits per heavy atom. The van der Waals surface area contributed by atoms with Gasteiger partial charge in [-0.05, 0) is 103 Å². The van der Waals surface area contributed by atoms with Crippen LogP contribution in [0.25, 0.3) is 0 Å². The fourth-order valence-electron chi connectivity index (χ4n) is 9.76. The minimum atomic E-state index is -0.778. The van der Waals surface area contributed by atoms with E-state index in [2.05, 4.69) is 69.4 Å². The highest BCUT2D eigenvalue weighted by Crippen LogP contribution is 2.17. The summed E-state index contributed by atoms with van der Waals surface area (Å²) in [5, 5.41) is 0. The number of ether oxygens (including phenoxy) is 3. The summed E-state index contributed by atoms with van der Waals surface area (Å²) in [6.07, 6.45) is 79.7. The van der Waals surface area contributed by atoms with Crippen molar-refractivity contribution in [2.75, 3.05) is 13.2 Å². The smallest absolute Gasteiger partial charge is 0.306 e. The third-order valence-corrected chi connectivity index (χ3v) is 14.8. The van der Waals surface area contributed by atoms with Gasteiger partial charge in [0.15, 0.2) is 6.10 Å². The van der Waals surface area contributed by atoms with Gasteiger partial charge in [-0.25, -0.2) is 0 Å². The number of allylic oxidation sites excluding steroid dienone is 8. The predicted molar refractivity (Wildman–Crippen MR) is 325 cm³/mol. The molecule has 0 radical (unpaired) electrons. The van der Waals surface area contributed by atoms with Crippen LogP contribution in [0.2, 0.25) is 0 Å². The Balaban J connectivity index is 4.34. The molecule has 75 heavy (non-hydrogen) atoms. The predicted octanol–water partition coefficient (Wildman–Crippen LogP) is 22.6. The Kier molecular flexibility index (Phi) is 61.7. The molecule has 0 aliphatic rings. The zero-order valence-corrected chi connectivity index (χ0v) is 50.3. The van der Waals surface area contributed by atoms with E-state index in [9.17, 15) is 14.4 Å². The summed E-state index contributed by atoms with van der Waals surface area (Å²) in [5.41, 5.74) is 0. The van der Waals surface area contributed by atoms with Crippen LogP contribution in [0.15, 0.2) is 48.6 Å². The van der Waals surface area contributed by atoms with E-state index in [1.807, 2.05) is 0 Å². The van der Waals surface area contributed by atoms with Crippen molar-refractivity contribution in [3.63, 3.8) is 0 Å². The maximum Gasteiger partial charge on any atom is 0.306 e. The first-order chi connectivity index (χ1) is 37.0. The van der Waals surface area contributed by atoms with Gasteiger partial charge in [-0.2, -0.15) is 0 Å². The highest BCUT2D eigenvalue weighted by molar-refractivity contribution is 5.71. The summed E-state index contributed by atoms with van der Waals surface area (Å²) >= 11 is 0. The molecule has 0 spiro atoms. The number of carbonyl (C=O) groups is 3. The third kappa shape index (κ3) is 62.1. The Bertz CT molecular complexity index is 1300. The summed E-state index contributed by atoms with van der Waals surface area (Å²) < 4.78 is 17.0. The van der Waals surface area contributed by atoms with Crippen LogP contribution in [0.1, 0.15) is 355 Å². The quantitative estimate of drug-likeness (QED) is 0.0261. The summed E-state index contributed by atoms with van der Waals surface area (Å²) in [5.74, 6) is -0.861. The molecular formula is C69H126O6. The van der Waals surface area contributed by atoms with Crippen LogP contribution in [0.5, 0.6) is 0 Å². The molecule has 0 saturated carbocycles. The standard InChI is InChI=1S/C69H126O6/c1-4-7-10-13-16-19-22-25-28-31-33-34-36-39-41-44-47-50-53-56-59-62-68(71)74-65-66(75-69(72)63-60-57-54-51-48-45-42-37-30-27-24-21-18-15-12-9-6-3)64-73-67(70)61-58-55-52-49-46-43-40-38-35-32-29-26-23-20-17-14-11-8-5-2/h17,20,25-30,66H,4-16,18-19,21-24,31-65H2,1-3H3/b20-17-,28-25-,29-26-,30-27-/t66-/m1/s1. The van der Waals surface area contributed by atoms with Crippen molar-refractivity contribution in [1.82, 2.24) is 0 Å². The lowest BCUT2D eigenvalue weighted by Gasteiger charge is -2.18. The molecule has 0 N–H and O–H groups in total. The van der Waals surface area contributed by atoms with Crippen molar-refractivity contribution in [3.8, 4) is 0 Å². The summed E-state index contributed by atoms with van der Waals surface area (Å²) in [4.78, 5) is 38.4. The molecule has 438 valence electrons. The fraction of sp³-hybridized carbons (Fsp3) is 0.841. The van der Waals surface area contributed by atoms with E-state index in [-0.39, 0.29) is 31.1 Å². The molecule has 0 aliphatic carbocycles. The normalized spacial score (nSPS) is 12.3. The molecule has 0 bridgehead atoms. The van der Waals surface area contributed by atoms with Gasteiger partial charge >= 0.3 is 17.9 Å². The van der Waals surface area contributed by atoms with E-state index in [4.69, 9.17) is 14.2 Å². The Hall–Kier alpha value is -2.63. The number of hydrogen-bond donors (Lipinski definition) is 0. The van der Waals surface area contributed by atoms with E-state index in [0.29, 0.717) is 19.3 Å². The number of rotatable bonds is 61. The first kappa shape index (κ1) is 72.4. The van der Waals surface area contributed by atoms with Gasteiger partial charge in [0.05, 0.1) is 0 Å². The first-order valence-electron chi connectivity index (χ1n) is 33.1. The number of unbranched alkanes of at least 4 members (excludes halogenated alkanes) is 42. The second-order valence-corrected chi connectivity index (χ2v) is 22.4. The van der Waals surface area contributed by atoms with Gasteiger partial charge in [-0.15, -0.1) is 0 Å². The SMILES string of the molecule is CCCCC/C=C\C/C=C\CCCCCCCCCCCC(=O)OC[C@H](COC(=O)CCCCCCCCCCCCC/C=C\CCCCCCCC)OC(=O)CCCCCCCCC/C=C\CCCCCCCC. The van der Waals surface area contributed by atoms with Crippen LogP contribution in [0.3, 0.4) is 0 Å². The minimum absolute atomic E-state index is 0.0738. The lowest BCUT2D eigenvalue weighted by Crippen LogP contribution is -2.30. The van der Waals surface area contributed by atoms with Crippen LogP contribution in [-0.4, -0.2) is 37.2 Å². The topological polar surface area (TPSA) is 78.9 Å². The van der Waals surface area contributed by atoms with Gasteiger partial charge in [0.2, 0.25) is 0 Å². The third-order valence-electron chi connectivity index (χ3n) is 14.8. The number of carbonyl (C=O) groups excluding carboxylic acids is 3. The van der Waals surface area contributed by atoms with Crippen molar-refractivity contribution in [1.29, 1.82) is 0 Å². The van der Waals surface area contributed by atoms with Gasteiger partial charge in [-0.3, -0.25) is 14.4 Å². The van der Waals surface area contributed by atoms with E-state index >= 15 is 0 Å². The lowest BCUT2D eigenvalue weighted by molar-refractivity contribution is -0.167. The van der Waals surface area contributed by atoms with E-state index in [0.717, 1.165) is 64.2 Å². The van der Waals surface area contributed by atoms with Crippen LogP contribution < -0.4 is 0 Å². The van der Waals surface area contributed by atoms with Crippen molar-refractivity contribution < 1.29 is 28.6 Å².